The largest absolute Gasteiger partial charge is 0.493 e. The number of amides is 2. The second kappa shape index (κ2) is 9.47. The van der Waals surface area contributed by atoms with Crippen LogP contribution < -0.4 is 4.74 Å². The minimum absolute atomic E-state index is 0.132. The number of benzene rings is 1. The summed E-state index contributed by atoms with van der Waals surface area (Å²) in [6, 6.07) is 7.61. The lowest BCUT2D eigenvalue weighted by Crippen LogP contribution is -2.39. The minimum atomic E-state index is -0.160. The molecule has 0 N–H and O–H groups in total. The van der Waals surface area contributed by atoms with Crippen molar-refractivity contribution in [3.63, 3.8) is 0 Å². The van der Waals surface area contributed by atoms with Gasteiger partial charge in [0.05, 0.1) is 12.2 Å². The van der Waals surface area contributed by atoms with E-state index in [1.54, 1.807) is 0 Å². The Hall–Kier alpha value is -2.30. The monoisotopic (exact) mass is 398 g/mol. The molecule has 2 aliphatic rings. The molecule has 2 amide bonds. The number of hydrogen-bond acceptors (Lipinski definition) is 4. The molecule has 5 nitrogen and oxygen atoms in total. The van der Waals surface area contributed by atoms with E-state index in [2.05, 4.69) is 32.6 Å². The van der Waals surface area contributed by atoms with E-state index in [0.717, 1.165) is 43.7 Å². The molecule has 2 aliphatic heterocycles. The number of piperidine rings is 1. The fourth-order valence-corrected chi connectivity index (χ4v) is 4.01. The Morgan fingerprint density at radius 3 is 2.48 bits per heavy atom. The predicted octanol–water partition coefficient (Wildman–Crippen LogP) is 4.33. The van der Waals surface area contributed by atoms with E-state index < -0.39 is 0 Å². The summed E-state index contributed by atoms with van der Waals surface area (Å²) in [5.74, 6) is 1.47. The zero-order valence-electron chi connectivity index (χ0n) is 18.2. The lowest BCUT2D eigenvalue weighted by atomic mass is 9.97. The molecule has 158 valence electrons. The van der Waals surface area contributed by atoms with Crippen LogP contribution in [0.2, 0.25) is 0 Å². The number of carbonyl (C=O) groups is 2. The highest BCUT2D eigenvalue weighted by atomic mass is 16.5. The highest BCUT2D eigenvalue weighted by Crippen LogP contribution is 2.34. The van der Waals surface area contributed by atoms with Gasteiger partial charge < -0.3 is 9.64 Å². The maximum absolute atomic E-state index is 13.2. The SMILES string of the molecule is CCCCN1C(=O)C(c2ccc(OCC(C)C)cc2)=C(N2CCCC(C)C2)C1=O. The van der Waals surface area contributed by atoms with Gasteiger partial charge >= 0.3 is 0 Å². The first-order valence-electron chi connectivity index (χ1n) is 11.0. The summed E-state index contributed by atoms with van der Waals surface area (Å²) in [6.45, 7) is 11.3. The Balaban J connectivity index is 1.93. The molecule has 1 aromatic rings. The molecule has 0 aliphatic carbocycles. The van der Waals surface area contributed by atoms with Crippen LogP contribution in [0.25, 0.3) is 5.57 Å². The van der Waals surface area contributed by atoms with Crippen molar-refractivity contribution in [1.29, 1.82) is 0 Å². The van der Waals surface area contributed by atoms with Crippen molar-refractivity contribution in [1.82, 2.24) is 9.80 Å². The van der Waals surface area contributed by atoms with Gasteiger partial charge in [-0.25, -0.2) is 0 Å². The number of hydrogen-bond donors (Lipinski definition) is 0. The summed E-state index contributed by atoms with van der Waals surface area (Å²) in [5.41, 5.74) is 1.94. The molecule has 1 saturated heterocycles. The van der Waals surface area contributed by atoms with Crippen LogP contribution in [0.3, 0.4) is 0 Å². The fraction of sp³-hybridized carbons (Fsp3) is 0.583. The van der Waals surface area contributed by atoms with Crippen LogP contribution in [-0.4, -0.2) is 47.9 Å². The number of likely N-dealkylation sites (tertiary alicyclic amines) is 1. The molecule has 0 radical (unpaired) electrons. The second-order valence-corrected chi connectivity index (χ2v) is 8.76. The average Bonchev–Trinajstić information content (AvgIpc) is 2.95. The van der Waals surface area contributed by atoms with Crippen molar-refractivity contribution in [3.05, 3.63) is 35.5 Å². The number of nitrogens with zero attached hydrogens (tertiary/aromatic N) is 2. The molecule has 1 unspecified atom stereocenters. The van der Waals surface area contributed by atoms with E-state index in [1.165, 1.54) is 11.3 Å². The molecular formula is C24H34N2O3. The summed E-state index contributed by atoms with van der Waals surface area (Å²) in [7, 11) is 0. The lowest BCUT2D eigenvalue weighted by Gasteiger charge is -2.33. The van der Waals surface area contributed by atoms with Crippen LogP contribution in [0.5, 0.6) is 5.75 Å². The topological polar surface area (TPSA) is 49.9 Å². The van der Waals surface area contributed by atoms with E-state index in [0.29, 0.717) is 36.3 Å². The summed E-state index contributed by atoms with van der Waals surface area (Å²) in [4.78, 5) is 30.1. The van der Waals surface area contributed by atoms with Gasteiger partial charge in [0.25, 0.3) is 11.8 Å². The van der Waals surface area contributed by atoms with Gasteiger partial charge in [0.15, 0.2) is 0 Å². The quantitative estimate of drug-likeness (QED) is 0.612. The van der Waals surface area contributed by atoms with E-state index in [4.69, 9.17) is 4.74 Å². The van der Waals surface area contributed by atoms with Crippen molar-refractivity contribution in [3.8, 4) is 5.75 Å². The Kier molecular flexibility index (Phi) is 6.99. The first-order chi connectivity index (χ1) is 13.9. The van der Waals surface area contributed by atoms with Crippen LogP contribution in [0, 0.1) is 11.8 Å². The van der Waals surface area contributed by atoms with Crippen LogP contribution in [0.1, 0.15) is 58.9 Å². The molecule has 0 spiro atoms. The summed E-state index contributed by atoms with van der Waals surface area (Å²) < 4.78 is 5.78. The van der Waals surface area contributed by atoms with Crippen molar-refractivity contribution in [2.24, 2.45) is 11.8 Å². The average molecular weight is 399 g/mol. The molecule has 2 heterocycles. The summed E-state index contributed by atoms with van der Waals surface area (Å²) in [6.07, 6.45) is 4.00. The van der Waals surface area contributed by atoms with Gasteiger partial charge in [0.2, 0.25) is 0 Å². The fourth-order valence-electron chi connectivity index (χ4n) is 4.01. The van der Waals surface area contributed by atoms with Gasteiger partial charge in [-0.1, -0.05) is 46.2 Å². The normalized spacial score (nSPS) is 20.2. The first-order valence-corrected chi connectivity index (χ1v) is 11.0. The molecule has 0 aromatic heterocycles. The van der Waals surface area contributed by atoms with Crippen LogP contribution in [0.4, 0.5) is 0 Å². The number of imide groups is 1. The smallest absolute Gasteiger partial charge is 0.277 e. The van der Waals surface area contributed by atoms with Crippen LogP contribution >= 0.6 is 0 Å². The Morgan fingerprint density at radius 2 is 1.86 bits per heavy atom. The molecule has 5 heteroatoms. The number of rotatable bonds is 8. The zero-order valence-corrected chi connectivity index (χ0v) is 18.2. The minimum Gasteiger partial charge on any atom is -0.493 e. The third-order valence-electron chi connectivity index (χ3n) is 5.58. The molecule has 0 bridgehead atoms. The van der Waals surface area contributed by atoms with Gasteiger partial charge in [-0.05, 0) is 48.8 Å². The highest BCUT2D eigenvalue weighted by Gasteiger charge is 2.41. The standard InChI is InChI=1S/C24H34N2O3/c1-5-6-14-26-23(27)21(19-9-11-20(12-10-19)29-16-17(2)3)22(24(26)28)25-13-7-8-18(4)15-25/h9-12,17-18H,5-8,13-16H2,1-4H3. The van der Waals surface area contributed by atoms with Gasteiger partial charge in [0, 0.05) is 19.6 Å². The predicted molar refractivity (Wildman–Crippen MR) is 115 cm³/mol. The zero-order chi connectivity index (χ0) is 21.0. The van der Waals surface area contributed by atoms with Gasteiger partial charge in [-0.3, -0.25) is 14.5 Å². The van der Waals surface area contributed by atoms with Crippen molar-refractivity contribution >= 4 is 17.4 Å². The van der Waals surface area contributed by atoms with E-state index in [1.807, 2.05) is 24.3 Å². The molecule has 29 heavy (non-hydrogen) atoms. The van der Waals surface area contributed by atoms with Gasteiger partial charge in [0.1, 0.15) is 11.4 Å². The number of ether oxygens (including phenoxy) is 1. The number of unbranched alkanes of at least 4 members (excludes halogenated alkanes) is 1. The third kappa shape index (κ3) is 4.82. The van der Waals surface area contributed by atoms with Crippen LogP contribution in [0.15, 0.2) is 30.0 Å². The molecular weight excluding hydrogens is 364 g/mol. The van der Waals surface area contributed by atoms with Crippen molar-refractivity contribution in [2.75, 3.05) is 26.2 Å². The van der Waals surface area contributed by atoms with Gasteiger partial charge in [-0.2, -0.15) is 0 Å². The maximum Gasteiger partial charge on any atom is 0.277 e. The highest BCUT2D eigenvalue weighted by molar-refractivity contribution is 6.35. The van der Waals surface area contributed by atoms with E-state index >= 15 is 0 Å². The lowest BCUT2D eigenvalue weighted by molar-refractivity contribution is -0.137. The number of carbonyl (C=O) groups excluding carboxylic acids is 2. The van der Waals surface area contributed by atoms with E-state index in [-0.39, 0.29) is 11.8 Å². The van der Waals surface area contributed by atoms with Crippen LogP contribution in [-0.2, 0) is 9.59 Å². The molecule has 1 fully saturated rings. The molecule has 3 rings (SSSR count). The van der Waals surface area contributed by atoms with E-state index in [9.17, 15) is 9.59 Å². The van der Waals surface area contributed by atoms with Crippen molar-refractivity contribution < 1.29 is 14.3 Å². The molecule has 0 saturated carbocycles. The maximum atomic E-state index is 13.2. The second-order valence-electron chi connectivity index (χ2n) is 8.76. The third-order valence-corrected chi connectivity index (χ3v) is 5.58. The van der Waals surface area contributed by atoms with Crippen molar-refractivity contribution in [2.45, 2.75) is 53.4 Å². The Morgan fingerprint density at radius 1 is 1.14 bits per heavy atom. The Labute approximate surface area is 174 Å². The molecule has 1 aromatic carbocycles. The molecule has 1 atom stereocenters. The first kappa shape index (κ1) is 21.4. The summed E-state index contributed by atoms with van der Waals surface area (Å²) in [5, 5.41) is 0. The Bertz CT molecular complexity index is 767. The van der Waals surface area contributed by atoms with Gasteiger partial charge in [-0.15, -0.1) is 0 Å². The summed E-state index contributed by atoms with van der Waals surface area (Å²) >= 11 is 0.